The Kier molecular flexibility index (Phi) is 10.5. The van der Waals surface area contributed by atoms with Gasteiger partial charge in [-0.1, -0.05) is 141 Å². The zero-order valence-corrected chi connectivity index (χ0v) is 42.8. The average Bonchev–Trinajstić information content (AvgIpc) is 4.03. The molecule has 0 fully saturated rings. The number of pyridine rings is 1. The molecule has 72 heavy (non-hydrogen) atoms. The first kappa shape index (κ1) is 45.1. The smallest absolute Gasteiger partial charge is 0.137 e. The lowest BCUT2D eigenvalue weighted by atomic mass is 9.80. The molecular formula is C66H61N5O. The number of anilines is 4. The van der Waals surface area contributed by atoms with Crippen molar-refractivity contribution in [3.05, 3.63) is 211 Å². The summed E-state index contributed by atoms with van der Waals surface area (Å²) in [5.74, 6) is 2.41. The van der Waals surface area contributed by atoms with Crippen molar-refractivity contribution >= 4 is 66.4 Å². The van der Waals surface area contributed by atoms with Crippen LogP contribution in [-0.2, 0) is 16.2 Å². The Labute approximate surface area is 423 Å². The Morgan fingerprint density at radius 3 is 1.68 bits per heavy atom. The second-order valence-corrected chi connectivity index (χ2v) is 22.7. The second kappa shape index (κ2) is 16.8. The van der Waals surface area contributed by atoms with Crippen molar-refractivity contribution in [3.63, 3.8) is 0 Å². The van der Waals surface area contributed by atoms with E-state index in [0.717, 1.165) is 61.6 Å². The standard InChI is InChI=1S/C66H61N5O/c1-64(2,3)45-32-33-67-63(39-45)71-58-31-27-43(44-26-29-54-53-22-13-14-23-57(53)70(61(54)35-44)48-18-11-10-12-19-48)34-56(58)55-30-28-52(41-62(55)71)72-51-21-17-20-49(40-51)68-42-69(60-25-16-15-24-59(60)68)50-37-46(65(4,5)6)36-47(38-50)66(7,8)9/h10-41H,42H2,1-9H3. The van der Waals surface area contributed by atoms with Gasteiger partial charge in [0, 0.05) is 56.9 Å². The molecule has 0 saturated carbocycles. The van der Waals surface area contributed by atoms with Gasteiger partial charge < -0.3 is 19.1 Å². The van der Waals surface area contributed by atoms with Crippen molar-refractivity contribution in [1.29, 1.82) is 0 Å². The highest BCUT2D eigenvalue weighted by Gasteiger charge is 2.31. The summed E-state index contributed by atoms with van der Waals surface area (Å²) in [5.41, 5.74) is 16.5. The molecule has 8 aromatic carbocycles. The summed E-state index contributed by atoms with van der Waals surface area (Å²) in [7, 11) is 0. The van der Waals surface area contributed by atoms with Gasteiger partial charge in [-0.2, -0.15) is 0 Å². The van der Waals surface area contributed by atoms with Gasteiger partial charge in [-0.3, -0.25) is 4.57 Å². The van der Waals surface area contributed by atoms with Crippen molar-refractivity contribution in [3.8, 4) is 34.1 Å². The highest BCUT2D eigenvalue weighted by molar-refractivity contribution is 6.12. The van der Waals surface area contributed by atoms with Gasteiger partial charge in [0.05, 0.1) is 33.4 Å². The SMILES string of the molecule is CC(C)(C)c1cc(N2CN(c3cccc(Oc4ccc5c6cc(-c7ccc8c9ccccc9n(-c9ccccc9)c8c7)ccc6n(-c6cc(C(C)(C)C)ccn6)c5c4)c3)c3ccccc32)cc(C(C)(C)C)c1. The van der Waals surface area contributed by atoms with Crippen molar-refractivity contribution in [1.82, 2.24) is 14.1 Å². The molecular weight excluding hydrogens is 879 g/mol. The van der Waals surface area contributed by atoms with Gasteiger partial charge in [0.15, 0.2) is 0 Å². The topological polar surface area (TPSA) is 38.5 Å². The van der Waals surface area contributed by atoms with Crippen LogP contribution in [0.4, 0.5) is 22.7 Å². The van der Waals surface area contributed by atoms with Gasteiger partial charge in [-0.05, 0) is 141 Å². The molecule has 6 nitrogen and oxygen atoms in total. The van der Waals surface area contributed by atoms with E-state index in [1.807, 2.05) is 6.20 Å². The monoisotopic (exact) mass is 939 g/mol. The third-order valence-corrected chi connectivity index (χ3v) is 14.7. The van der Waals surface area contributed by atoms with Crippen LogP contribution in [0, 0.1) is 0 Å². The van der Waals surface area contributed by atoms with Crippen LogP contribution in [-0.4, -0.2) is 20.8 Å². The number of para-hydroxylation sites is 4. The quantitative estimate of drug-likeness (QED) is 0.160. The van der Waals surface area contributed by atoms with Crippen LogP contribution in [0.15, 0.2) is 194 Å². The first-order valence-electron chi connectivity index (χ1n) is 25.3. The molecule has 0 spiro atoms. The molecule has 356 valence electrons. The largest absolute Gasteiger partial charge is 0.457 e. The van der Waals surface area contributed by atoms with E-state index in [1.54, 1.807) is 0 Å². The van der Waals surface area contributed by atoms with Gasteiger partial charge in [0.1, 0.15) is 24.0 Å². The Hall–Kier alpha value is -8.09. The number of ether oxygens (including phenoxy) is 1. The van der Waals surface area contributed by atoms with Crippen molar-refractivity contribution in [2.24, 2.45) is 0 Å². The van der Waals surface area contributed by atoms with Crippen molar-refractivity contribution in [2.75, 3.05) is 16.5 Å². The molecule has 12 rings (SSSR count). The molecule has 3 aromatic heterocycles. The normalized spacial score (nSPS) is 13.2. The summed E-state index contributed by atoms with van der Waals surface area (Å²) in [5, 5.41) is 4.77. The fourth-order valence-corrected chi connectivity index (χ4v) is 10.6. The average molecular weight is 940 g/mol. The molecule has 0 atom stereocenters. The van der Waals surface area contributed by atoms with E-state index < -0.39 is 0 Å². The van der Waals surface area contributed by atoms with Crippen molar-refractivity contribution in [2.45, 2.75) is 78.6 Å². The van der Waals surface area contributed by atoms with Crippen LogP contribution in [0.25, 0.3) is 66.2 Å². The summed E-state index contributed by atoms with van der Waals surface area (Å²) in [6.07, 6.45) is 1.94. The number of hydrogen-bond donors (Lipinski definition) is 0. The van der Waals surface area contributed by atoms with Crippen LogP contribution < -0.4 is 14.5 Å². The molecule has 0 unspecified atom stereocenters. The number of aromatic nitrogens is 3. The highest BCUT2D eigenvalue weighted by Crippen LogP contribution is 2.47. The Morgan fingerprint density at radius 2 is 0.944 bits per heavy atom. The number of rotatable bonds is 7. The lowest BCUT2D eigenvalue weighted by molar-refractivity contribution is 0.483. The predicted octanol–water partition coefficient (Wildman–Crippen LogP) is 17.9. The third kappa shape index (κ3) is 7.86. The first-order chi connectivity index (χ1) is 34.6. The minimum atomic E-state index is -0.0531. The molecule has 0 bridgehead atoms. The molecule has 4 heterocycles. The summed E-state index contributed by atoms with van der Waals surface area (Å²) in [6.45, 7) is 21.3. The van der Waals surface area contributed by atoms with Crippen LogP contribution in [0.1, 0.15) is 79.0 Å². The summed E-state index contributed by atoms with van der Waals surface area (Å²) in [4.78, 5) is 9.88. The Balaban J connectivity index is 0.935. The van der Waals surface area contributed by atoms with E-state index in [-0.39, 0.29) is 16.2 Å². The third-order valence-electron chi connectivity index (χ3n) is 14.7. The zero-order chi connectivity index (χ0) is 49.7. The lowest BCUT2D eigenvalue weighted by Gasteiger charge is -2.29. The van der Waals surface area contributed by atoms with E-state index in [9.17, 15) is 0 Å². The fourth-order valence-electron chi connectivity index (χ4n) is 10.6. The first-order valence-corrected chi connectivity index (χ1v) is 25.3. The predicted molar refractivity (Wildman–Crippen MR) is 303 cm³/mol. The van der Waals surface area contributed by atoms with Gasteiger partial charge >= 0.3 is 0 Å². The van der Waals surface area contributed by atoms with Crippen LogP contribution in [0.2, 0.25) is 0 Å². The molecule has 0 radical (unpaired) electrons. The molecule has 11 aromatic rings. The van der Waals surface area contributed by atoms with Crippen LogP contribution >= 0.6 is 0 Å². The van der Waals surface area contributed by atoms with E-state index in [2.05, 4.69) is 269 Å². The van der Waals surface area contributed by atoms with Crippen molar-refractivity contribution < 1.29 is 4.74 Å². The highest BCUT2D eigenvalue weighted by atomic mass is 16.5. The molecule has 0 N–H and O–H groups in total. The summed E-state index contributed by atoms with van der Waals surface area (Å²) >= 11 is 0. The summed E-state index contributed by atoms with van der Waals surface area (Å²) in [6, 6.07) is 68.4. The molecule has 0 aliphatic carbocycles. The van der Waals surface area contributed by atoms with E-state index in [1.165, 1.54) is 55.6 Å². The van der Waals surface area contributed by atoms with E-state index in [0.29, 0.717) is 6.67 Å². The summed E-state index contributed by atoms with van der Waals surface area (Å²) < 4.78 is 11.6. The van der Waals surface area contributed by atoms with Gasteiger partial charge in [0.2, 0.25) is 0 Å². The van der Waals surface area contributed by atoms with E-state index in [4.69, 9.17) is 9.72 Å². The van der Waals surface area contributed by atoms with Gasteiger partial charge in [0.25, 0.3) is 0 Å². The lowest BCUT2D eigenvalue weighted by Crippen LogP contribution is -2.25. The molecule has 6 heteroatoms. The van der Waals surface area contributed by atoms with E-state index >= 15 is 0 Å². The Bertz CT molecular complexity index is 3860. The van der Waals surface area contributed by atoms with Gasteiger partial charge in [-0.15, -0.1) is 0 Å². The maximum atomic E-state index is 6.89. The van der Waals surface area contributed by atoms with Gasteiger partial charge in [-0.25, -0.2) is 4.98 Å². The molecule has 1 aliphatic heterocycles. The number of fused-ring (bicyclic) bond motifs is 7. The van der Waals surface area contributed by atoms with Crippen LogP contribution in [0.3, 0.4) is 0 Å². The second-order valence-electron chi connectivity index (χ2n) is 22.7. The zero-order valence-electron chi connectivity index (χ0n) is 42.8. The minimum absolute atomic E-state index is 0.0103. The molecule has 1 aliphatic rings. The minimum Gasteiger partial charge on any atom is -0.457 e. The van der Waals surface area contributed by atoms with Crippen LogP contribution in [0.5, 0.6) is 11.5 Å². The maximum Gasteiger partial charge on any atom is 0.137 e. The number of nitrogens with zero attached hydrogens (tertiary/aromatic N) is 5. The molecule has 0 saturated heterocycles. The molecule has 0 amide bonds. The Morgan fingerprint density at radius 1 is 0.375 bits per heavy atom. The maximum absolute atomic E-state index is 6.89. The fraction of sp³-hybridized carbons (Fsp3) is 0.197. The number of benzene rings is 8. The number of hydrogen-bond acceptors (Lipinski definition) is 4.